The number of anilines is 2. The summed E-state index contributed by atoms with van der Waals surface area (Å²) in [7, 11) is 0. The molecule has 1 fully saturated rings. The molecule has 1 N–H and O–H groups in total. The average Bonchev–Trinajstić information content (AvgIpc) is 2.73. The van der Waals surface area contributed by atoms with Gasteiger partial charge in [-0.25, -0.2) is 0 Å². The fourth-order valence-electron chi connectivity index (χ4n) is 3.26. The molecule has 0 aromatic heterocycles. The van der Waals surface area contributed by atoms with Crippen molar-refractivity contribution in [1.29, 1.82) is 0 Å². The second-order valence-electron chi connectivity index (χ2n) is 6.94. The Kier molecular flexibility index (Phi) is 7.55. The summed E-state index contributed by atoms with van der Waals surface area (Å²) in [5, 5.41) is 3.28. The highest BCUT2D eigenvalue weighted by Crippen LogP contribution is 2.36. The van der Waals surface area contributed by atoms with Gasteiger partial charge in [-0.2, -0.15) is 13.2 Å². The number of benzene rings is 2. The number of nitrogens with zero attached hydrogens (tertiary/aromatic N) is 2. The van der Waals surface area contributed by atoms with Crippen LogP contribution in [0.25, 0.3) is 0 Å². The first-order valence-corrected chi connectivity index (χ1v) is 11.0. The third-order valence-electron chi connectivity index (χ3n) is 4.94. The van der Waals surface area contributed by atoms with E-state index in [1.807, 2.05) is 4.90 Å². The van der Waals surface area contributed by atoms with Gasteiger partial charge < -0.3 is 15.1 Å². The van der Waals surface area contributed by atoms with Crippen LogP contribution in [-0.2, 0) is 11.0 Å². The molecule has 1 aliphatic heterocycles. The zero-order valence-electron chi connectivity index (χ0n) is 16.5. The van der Waals surface area contributed by atoms with E-state index in [1.54, 1.807) is 24.3 Å². The molecule has 0 spiro atoms. The lowest BCUT2D eigenvalue weighted by molar-refractivity contribution is -0.137. The third kappa shape index (κ3) is 6.06. The SMILES string of the molecule is CCN1CCN(c2ccc(C(F)(F)F)cc2NC(=O)CSc2ccc(Cl)cc2)CC1. The molecule has 4 nitrogen and oxygen atoms in total. The number of carbonyl (C=O) groups is 1. The van der Waals surface area contributed by atoms with Crippen LogP contribution in [0.15, 0.2) is 47.4 Å². The maximum absolute atomic E-state index is 13.2. The van der Waals surface area contributed by atoms with Crippen LogP contribution < -0.4 is 10.2 Å². The largest absolute Gasteiger partial charge is 0.416 e. The molecule has 2 aromatic carbocycles. The van der Waals surface area contributed by atoms with Gasteiger partial charge in [0.25, 0.3) is 0 Å². The van der Waals surface area contributed by atoms with Gasteiger partial charge in [-0.15, -0.1) is 11.8 Å². The van der Waals surface area contributed by atoms with Crippen LogP contribution >= 0.6 is 23.4 Å². The lowest BCUT2D eigenvalue weighted by Crippen LogP contribution is -2.46. The molecule has 0 saturated carbocycles. The van der Waals surface area contributed by atoms with Gasteiger partial charge in [-0.05, 0) is 49.0 Å². The van der Waals surface area contributed by atoms with Crippen LogP contribution in [0.3, 0.4) is 0 Å². The number of halogens is 4. The second-order valence-corrected chi connectivity index (χ2v) is 8.43. The first-order chi connectivity index (χ1) is 14.3. The van der Waals surface area contributed by atoms with E-state index in [0.29, 0.717) is 23.8 Å². The summed E-state index contributed by atoms with van der Waals surface area (Å²) in [4.78, 5) is 17.6. The minimum Gasteiger partial charge on any atom is -0.367 e. The number of likely N-dealkylation sites (N-methyl/N-ethyl adjacent to an activating group) is 1. The fraction of sp³-hybridized carbons (Fsp3) is 0.381. The Morgan fingerprint density at radius 3 is 2.37 bits per heavy atom. The summed E-state index contributed by atoms with van der Waals surface area (Å²) < 4.78 is 39.7. The van der Waals surface area contributed by atoms with E-state index in [2.05, 4.69) is 17.1 Å². The second kappa shape index (κ2) is 9.94. The molecule has 0 bridgehead atoms. The van der Waals surface area contributed by atoms with Crippen molar-refractivity contribution in [3.05, 3.63) is 53.1 Å². The van der Waals surface area contributed by atoms with Crippen molar-refractivity contribution in [2.75, 3.05) is 48.7 Å². The third-order valence-corrected chi connectivity index (χ3v) is 6.21. The van der Waals surface area contributed by atoms with E-state index in [1.165, 1.54) is 17.8 Å². The molecule has 2 aromatic rings. The fourth-order valence-corrected chi connectivity index (χ4v) is 4.08. The van der Waals surface area contributed by atoms with Crippen molar-refractivity contribution in [2.45, 2.75) is 18.0 Å². The zero-order chi connectivity index (χ0) is 21.7. The number of alkyl halides is 3. The molecule has 0 radical (unpaired) electrons. The molecule has 0 aliphatic carbocycles. The predicted octanol–water partition coefficient (Wildman–Crippen LogP) is 5.23. The first-order valence-electron chi connectivity index (χ1n) is 9.63. The Morgan fingerprint density at radius 2 is 1.77 bits per heavy atom. The van der Waals surface area contributed by atoms with Crippen LogP contribution in [0.2, 0.25) is 5.02 Å². The minimum atomic E-state index is -4.48. The van der Waals surface area contributed by atoms with Crippen LogP contribution in [0, 0.1) is 0 Å². The van der Waals surface area contributed by atoms with E-state index < -0.39 is 11.7 Å². The molecular formula is C21H23ClF3N3OS. The van der Waals surface area contributed by atoms with Gasteiger partial charge >= 0.3 is 6.18 Å². The van der Waals surface area contributed by atoms with Gasteiger partial charge in [-0.1, -0.05) is 18.5 Å². The van der Waals surface area contributed by atoms with Crippen molar-refractivity contribution < 1.29 is 18.0 Å². The van der Waals surface area contributed by atoms with E-state index in [9.17, 15) is 18.0 Å². The molecule has 1 heterocycles. The molecule has 30 heavy (non-hydrogen) atoms. The zero-order valence-corrected chi connectivity index (χ0v) is 18.1. The highest BCUT2D eigenvalue weighted by Gasteiger charge is 2.32. The summed E-state index contributed by atoms with van der Waals surface area (Å²) >= 11 is 7.15. The van der Waals surface area contributed by atoms with Gasteiger partial charge in [-0.3, -0.25) is 4.79 Å². The van der Waals surface area contributed by atoms with Crippen LogP contribution in [-0.4, -0.2) is 49.3 Å². The van der Waals surface area contributed by atoms with Crippen LogP contribution in [0.4, 0.5) is 24.5 Å². The number of rotatable bonds is 6. The van der Waals surface area contributed by atoms with Crippen LogP contribution in [0.1, 0.15) is 12.5 Å². The molecule has 9 heteroatoms. The minimum absolute atomic E-state index is 0.0843. The van der Waals surface area contributed by atoms with Gasteiger partial charge in [0, 0.05) is 36.1 Å². The highest BCUT2D eigenvalue weighted by atomic mass is 35.5. The average molecular weight is 458 g/mol. The lowest BCUT2D eigenvalue weighted by Gasteiger charge is -2.36. The maximum Gasteiger partial charge on any atom is 0.416 e. The number of hydrogen-bond acceptors (Lipinski definition) is 4. The normalized spacial score (nSPS) is 15.3. The van der Waals surface area contributed by atoms with Crippen LogP contribution in [0.5, 0.6) is 0 Å². The molecule has 1 aliphatic rings. The Balaban J connectivity index is 1.74. The molecule has 162 valence electrons. The van der Waals surface area contributed by atoms with Crippen molar-refractivity contribution in [3.8, 4) is 0 Å². The summed E-state index contributed by atoms with van der Waals surface area (Å²) in [5.41, 5.74) is 0.0270. The summed E-state index contributed by atoms with van der Waals surface area (Å²) in [5.74, 6) is -0.274. The monoisotopic (exact) mass is 457 g/mol. The Labute approximate surface area is 183 Å². The van der Waals surface area contributed by atoms with Crippen molar-refractivity contribution >= 4 is 40.6 Å². The number of piperazine rings is 1. The van der Waals surface area contributed by atoms with E-state index >= 15 is 0 Å². The predicted molar refractivity (Wildman–Crippen MR) is 117 cm³/mol. The lowest BCUT2D eigenvalue weighted by atomic mass is 10.1. The van der Waals surface area contributed by atoms with Crippen molar-refractivity contribution in [2.24, 2.45) is 0 Å². The number of thioether (sulfide) groups is 1. The van der Waals surface area contributed by atoms with Crippen molar-refractivity contribution in [1.82, 2.24) is 4.90 Å². The smallest absolute Gasteiger partial charge is 0.367 e. The summed E-state index contributed by atoms with van der Waals surface area (Å²) in [6.45, 7) is 6.07. The molecule has 1 saturated heterocycles. The molecule has 0 unspecified atom stereocenters. The maximum atomic E-state index is 13.2. The molecule has 3 rings (SSSR count). The number of nitrogens with one attached hydrogen (secondary N) is 1. The van der Waals surface area contributed by atoms with Gasteiger partial charge in [0.1, 0.15) is 0 Å². The van der Waals surface area contributed by atoms with E-state index in [0.717, 1.165) is 36.7 Å². The summed E-state index contributed by atoms with van der Waals surface area (Å²) in [6, 6.07) is 10.6. The Hall–Kier alpha value is -1.90. The standard InChI is InChI=1S/C21H23ClF3N3OS/c1-2-27-9-11-28(12-10-27)19-8-3-15(21(23,24)25)13-18(19)26-20(29)14-30-17-6-4-16(22)5-7-17/h3-8,13H,2,9-12,14H2,1H3,(H,26,29). The van der Waals surface area contributed by atoms with Gasteiger partial charge in [0.2, 0.25) is 5.91 Å². The number of carbonyl (C=O) groups excluding carboxylic acids is 1. The molecular weight excluding hydrogens is 435 g/mol. The van der Waals surface area contributed by atoms with E-state index in [-0.39, 0.29) is 17.3 Å². The van der Waals surface area contributed by atoms with Gasteiger partial charge in [0.15, 0.2) is 0 Å². The van der Waals surface area contributed by atoms with Gasteiger partial charge in [0.05, 0.1) is 22.7 Å². The molecule has 0 atom stereocenters. The quantitative estimate of drug-likeness (QED) is 0.602. The molecule has 1 amide bonds. The Morgan fingerprint density at radius 1 is 1.10 bits per heavy atom. The first kappa shape index (κ1) is 22.8. The number of amides is 1. The number of hydrogen-bond donors (Lipinski definition) is 1. The topological polar surface area (TPSA) is 35.6 Å². The van der Waals surface area contributed by atoms with E-state index in [4.69, 9.17) is 11.6 Å². The highest BCUT2D eigenvalue weighted by molar-refractivity contribution is 8.00. The Bertz CT molecular complexity index is 869. The summed E-state index contributed by atoms with van der Waals surface area (Å²) in [6.07, 6.45) is -4.48. The van der Waals surface area contributed by atoms with Crippen molar-refractivity contribution in [3.63, 3.8) is 0 Å².